The molecule has 0 spiro atoms. The first kappa shape index (κ1) is 66.1. The molecule has 0 aliphatic rings. The zero-order chi connectivity index (χ0) is 50.0. The molecule has 1 atom stereocenters. The molecule has 0 N–H and O–H groups in total. The summed E-state index contributed by atoms with van der Waals surface area (Å²) < 4.78 is 16.8. The summed E-state index contributed by atoms with van der Waals surface area (Å²) >= 11 is 0. The fourth-order valence-corrected chi connectivity index (χ4v) is 8.57. The Labute approximate surface area is 428 Å². The molecule has 0 aromatic heterocycles. The van der Waals surface area contributed by atoms with Crippen molar-refractivity contribution in [3.05, 3.63) is 60.8 Å². The molecule has 1 unspecified atom stereocenters. The number of esters is 3. The second kappa shape index (κ2) is 57.7. The van der Waals surface area contributed by atoms with Gasteiger partial charge in [-0.15, -0.1) is 0 Å². The zero-order valence-electron chi connectivity index (χ0n) is 45.8. The summed E-state index contributed by atoms with van der Waals surface area (Å²) in [5.41, 5.74) is 0. The molecule has 0 aliphatic carbocycles. The molecule has 6 heteroatoms. The predicted octanol–water partition coefficient (Wildman–Crippen LogP) is 20.0. The molecular formula is C63H112O6. The van der Waals surface area contributed by atoms with Crippen molar-refractivity contribution in [1.82, 2.24) is 0 Å². The van der Waals surface area contributed by atoms with Gasteiger partial charge in [-0.1, -0.05) is 274 Å². The van der Waals surface area contributed by atoms with E-state index in [9.17, 15) is 14.4 Å². The lowest BCUT2D eigenvalue weighted by molar-refractivity contribution is -0.166. The topological polar surface area (TPSA) is 78.9 Å². The van der Waals surface area contributed by atoms with E-state index in [0.29, 0.717) is 19.3 Å². The highest BCUT2D eigenvalue weighted by atomic mass is 16.6. The van der Waals surface area contributed by atoms with Gasteiger partial charge in [0.1, 0.15) is 13.2 Å². The average molecular weight is 966 g/mol. The van der Waals surface area contributed by atoms with E-state index in [2.05, 4.69) is 75.5 Å². The van der Waals surface area contributed by atoms with Gasteiger partial charge in [-0.3, -0.25) is 14.4 Å². The maximum atomic E-state index is 12.8. The van der Waals surface area contributed by atoms with Crippen molar-refractivity contribution in [2.45, 2.75) is 309 Å². The highest BCUT2D eigenvalue weighted by molar-refractivity contribution is 5.71. The van der Waals surface area contributed by atoms with Crippen LogP contribution in [-0.4, -0.2) is 37.2 Å². The maximum Gasteiger partial charge on any atom is 0.306 e. The van der Waals surface area contributed by atoms with Crippen LogP contribution in [0.5, 0.6) is 0 Å². The van der Waals surface area contributed by atoms with Crippen molar-refractivity contribution in [2.24, 2.45) is 0 Å². The van der Waals surface area contributed by atoms with E-state index in [4.69, 9.17) is 14.2 Å². The first-order chi connectivity index (χ1) is 34.0. The van der Waals surface area contributed by atoms with Gasteiger partial charge in [0.15, 0.2) is 6.10 Å². The number of carbonyl (C=O) groups is 3. The van der Waals surface area contributed by atoms with Gasteiger partial charge in [-0.25, -0.2) is 0 Å². The van der Waals surface area contributed by atoms with E-state index >= 15 is 0 Å². The van der Waals surface area contributed by atoms with Crippen LogP contribution in [0.2, 0.25) is 0 Å². The highest BCUT2D eigenvalue weighted by Gasteiger charge is 2.19. The smallest absolute Gasteiger partial charge is 0.306 e. The quantitative estimate of drug-likeness (QED) is 0.0262. The fraction of sp³-hybridized carbons (Fsp3) is 0.794. The van der Waals surface area contributed by atoms with E-state index in [0.717, 1.165) is 70.6 Å². The third-order valence-electron chi connectivity index (χ3n) is 13.0. The Kier molecular flexibility index (Phi) is 55.3. The molecular weight excluding hydrogens is 853 g/mol. The molecule has 400 valence electrons. The summed E-state index contributed by atoms with van der Waals surface area (Å²) in [6.07, 6.45) is 72.5. The number of ether oxygens (including phenoxy) is 3. The second-order valence-corrected chi connectivity index (χ2v) is 19.9. The Hall–Kier alpha value is -2.89. The molecule has 0 radical (unpaired) electrons. The van der Waals surface area contributed by atoms with Gasteiger partial charge in [-0.05, 0) is 70.6 Å². The summed E-state index contributed by atoms with van der Waals surface area (Å²) in [6.45, 7) is 6.47. The Morgan fingerprint density at radius 3 is 0.957 bits per heavy atom. The molecule has 0 saturated carbocycles. The van der Waals surface area contributed by atoms with E-state index in [-0.39, 0.29) is 37.5 Å². The van der Waals surface area contributed by atoms with Crippen molar-refractivity contribution < 1.29 is 28.6 Å². The standard InChI is InChI=1S/C63H112O6/c1-4-7-10-13-16-19-22-25-26-27-28-29-30-31-32-33-34-35-36-39-41-44-47-50-53-56-62(65)68-59-60(69-63(66)57-54-51-48-45-42-38-24-21-18-15-12-9-6-3)58-67-61(64)55-52-49-46-43-40-37-23-20-17-14-11-8-5-2/h9,12,18,20-21,23,38,42,48,51,60H,4-8,10-11,13-17,19,22,24-37,39-41,43-47,49-50,52-59H2,1-3H3/b12-9-,21-18-,23-20-,42-38-,51-48-. The van der Waals surface area contributed by atoms with E-state index in [1.165, 1.54) is 186 Å². The average Bonchev–Trinajstić information content (AvgIpc) is 3.35. The molecule has 0 aromatic rings. The molecule has 0 amide bonds. The number of allylic oxidation sites excluding steroid dienone is 10. The van der Waals surface area contributed by atoms with E-state index < -0.39 is 6.10 Å². The van der Waals surface area contributed by atoms with Gasteiger partial charge in [-0.2, -0.15) is 0 Å². The van der Waals surface area contributed by atoms with Crippen molar-refractivity contribution >= 4 is 17.9 Å². The number of rotatable bonds is 54. The van der Waals surface area contributed by atoms with E-state index in [1.54, 1.807) is 0 Å². The normalized spacial score (nSPS) is 12.4. The Morgan fingerprint density at radius 1 is 0.304 bits per heavy atom. The summed E-state index contributed by atoms with van der Waals surface area (Å²) in [7, 11) is 0. The van der Waals surface area contributed by atoms with Crippen LogP contribution in [0.25, 0.3) is 0 Å². The number of unbranched alkanes of at least 4 members (excludes halogenated alkanes) is 33. The predicted molar refractivity (Wildman–Crippen MR) is 298 cm³/mol. The molecule has 0 heterocycles. The summed E-state index contributed by atoms with van der Waals surface area (Å²) in [4.78, 5) is 38.1. The lowest BCUT2D eigenvalue weighted by Crippen LogP contribution is -2.30. The van der Waals surface area contributed by atoms with Crippen LogP contribution in [0.1, 0.15) is 303 Å². The van der Waals surface area contributed by atoms with Crippen molar-refractivity contribution in [3.8, 4) is 0 Å². The first-order valence-corrected chi connectivity index (χ1v) is 29.8. The van der Waals surface area contributed by atoms with Crippen molar-refractivity contribution in [3.63, 3.8) is 0 Å². The minimum absolute atomic E-state index is 0.103. The van der Waals surface area contributed by atoms with Gasteiger partial charge in [0, 0.05) is 19.3 Å². The van der Waals surface area contributed by atoms with Gasteiger partial charge < -0.3 is 14.2 Å². The summed E-state index contributed by atoms with van der Waals surface area (Å²) in [6, 6.07) is 0. The first-order valence-electron chi connectivity index (χ1n) is 29.8. The monoisotopic (exact) mass is 965 g/mol. The highest BCUT2D eigenvalue weighted by Crippen LogP contribution is 2.17. The number of hydrogen-bond acceptors (Lipinski definition) is 6. The zero-order valence-corrected chi connectivity index (χ0v) is 45.8. The molecule has 6 nitrogen and oxygen atoms in total. The van der Waals surface area contributed by atoms with Crippen LogP contribution in [0, 0.1) is 0 Å². The van der Waals surface area contributed by atoms with Crippen LogP contribution in [0.15, 0.2) is 60.8 Å². The minimum atomic E-state index is -0.813. The number of carbonyl (C=O) groups excluding carboxylic acids is 3. The Bertz CT molecular complexity index is 1250. The molecule has 0 rings (SSSR count). The van der Waals surface area contributed by atoms with Crippen molar-refractivity contribution in [1.29, 1.82) is 0 Å². The van der Waals surface area contributed by atoms with Gasteiger partial charge in [0.2, 0.25) is 0 Å². The Morgan fingerprint density at radius 2 is 0.594 bits per heavy atom. The minimum Gasteiger partial charge on any atom is -0.462 e. The number of hydrogen-bond donors (Lipinski definition) is 0. The molecule has 0 aliphatic heterocycles. The van der Waals surface area contributed by atoms with Crippen LogP contribution in [0.4, 0.5) is 0 Å². The van der Waals surface area contributed by atoms with Crippen molar-refractivity contribution in [2.75, 3.05) is 13.2 Å². The fourth-order valence-electron chi connectivity index (χ4n) is 8.57. The van der Waals surface area contributed by atoms with Crippen LogP contribution >= 0.6 is 0 Å². The summed E-state index contributed by atoms with van der Waals surface area (Å²) in [5, 5.41) is 0. The third kappa shape index (κ3) is 55.9. The molecule has 69 heavy (non-hydrogen) atoms. The maximum absolute atomic E-state index is 12.8. The SMILES string of the molecule is CC/C=C\C/C=C\C/C=C\C/C=C\CCC(=O)OC(COC(=O)CCCCCCC/C=C\CCCCCC)COC(=O)CCCCCCCCCCCCCCCCCCCCCCCCCCC. The largest absolute Gasteiger partial charge is 0.462 e. The van der Waals surface area contributed by atoms with E-state index in [1.807, 2.05) is 6.08 Å². The van der Waals surface area contributed by atoms with Gasteiger partial charge in [0.05, 0.1) is 0 Å². The molecule has 0 saturated heterocycles. The molecule has 0 fully saturated rings. The molecule has 0 aromatic carbocycles. The third-order valence-corrected chi connectivity index (χ3v) is 13.0. The van der Waals surface area contributed by atoms with Crippen LogP contribution < -0.4 is 0 Å². The molecule has 0 bridgehead atoms. The van der Waals surface area contributed by atoms with Crippen LogP contribution in [0.3, 0.4) is 0 Å². The second-order valence-electron chi connectivity index (χ2n) is 19.9. The van der Waals surface area contributed by atoms with Crippen LogP contribution in [-0.2, 0) is 28.6 Å². The summed E-state index contributed by atoms with van der Waals surface area (Å²) in [5.74, 6) is -0.983. The van der Waals surface area contributed by atoms with Gasteiger partial charge in [0.25, 0.3) is 0 Å². The lowest BCUT2D eigenvalue weighted by atomic mass is 10.0. The Balaban J connectivity index is 4.25. The lowest BCUT2D eigenvalue weighted by Gasteiger charge is -2.18. The van der Waals surface area contributed by atoms with Gasteiger partial charge >= 0.3 is 17.9 Å².